The van der Waals surface area contributed by atoms with E-state index in [1.165, 1.54) is 17.7 Å². The first-order valence-electron chi connectivity index (χ1n) is 13.4. The molecule has 0 aliphatic carbocycles. The molecular formula is C32H36F3NO2. The summed E-state index contributed by atoms with van der Waals surface area (Å²) >= 11 is 0. The number of carbonyl (C=O) groups excluding carboxylic acids is 1. The predicted molar refractivity (Wildman–Crippen MR) is 144 cm³/mol. The Hall–Kier alpha value is -3.28. The van der Waals surface area contributed by atoms with E-state index in [-0.39, 0.29) is 23.8 Å². The van der Waals surface area contributed by atoms with Crippen LogP contribution in [0.15, 0.2) is 78.9 Å². The normalized spacial score (nSPS) is 17.8. The quantitative estimate of drug-likeness (QED) is 0.299. The summed E-state index contributed by atoms with van der Waals surface area (Å²) < 4.78 is 45.4. The number of likely N-dealkylation sites (tertiary alicyclic amines) is 1. The second-order valence-corrected chi connectivity index (χ2v) is 10.7. The van der Waals surface area contributed by atoms with Crippen LogP contribution in [0.5, 0.6) is 5.75 Å². The van der Waals surface area contributed by atoms with Crippen molar-refractivity contribution in [2.45, 2.75) is 58.2 Å². The lowest BCUT2D eigenvalue weighted by molar-refractivity contribution is -0.137. The van der Waals surface area contributed by atoms with Gasteiger partial charge in [-0.3, -0.25) is 4.79 Å². The largest absolute Gasteiger partial charge is 0.485 e. The van der Waals surface area contributed by atoms with Gasteiger partial charge in [0.25, 0.3) is 0 Å². The molecule has 202 valence electrons. The summed E-state index contributed by atoms with van der Waals surface area (Å²) in [7, 11) is 0. The molecular weight excluding hydrogens is 487 g/mol. The van der Waals surface area contributed by atoms with Gasteiger partial charge in [0.1, 0.15) is 11.9 Å². The summed E-state index contributed by atoms with van der Waals surface area (Å²) in [6, 6.07) is 22.9. The minimum atomic E-state index is -4.40. The highest BCUT2D eigenvalue weighted by atomic mass is 19.4. The summed E-state index contributed by atoms with van der Waals surface area (Å²) in [6.45, 7) is 7.56. The van der Waals surface area contributed by atoms with Crippen molar-refractivity contribution in [1.29, 1.82) is 0 Å². The molecule has 1 amide bonds. The van der Waals surface area contributed by atoms with Gasteiger partial charge in [-0.05, 0) is 73.1 Å². The molecule has 3 aromatic carbocycles. The van der Waals surface area contributed by atoms with Gasteiger partial charge in [-0.1, -0.05) is 68.4 Å². The fraction of sp³-hybridized carbons (Fsp3) is 0.406. The minimum Gasteiger partial charge on any atom is -0.485 e. The highest BCUT2D eigenvalue weighted by Crippen LogP contribution is 2.36. The van der Waals surface area contributed by atoms with Gasteiger partial charge in [0.15, 0.2) is 0 Å². The Balaban J connectivity index is 1.50. The van der Waals surface area contributed by atoms with Crippen LogP contribution in [0.25, 0.3) is 0 Å². The van der Waals surface area contributed by atoms with E-state index in [0.29, 0.717) is 24.8 Å². The molecule has 0 aromatic heterocycles. The van der Waals surface area contributed by atoms with Crippen LogP contribution in [-0.2, 0) is 17.4 Å². The van der Waals surface area contributed by atoms with Crippen molar-refractivity contribution < 1.29 is 22.7 Å². The summed E-state index contributed by atoms with van der Waals surface area (Å²) in [5.41, 5.74) is 2.51. The SMILES string of the molecule is CC(C)Cc1ccc([C@H](C)C(=O)N2CCC[C@H]([C@H](Oc3ccc(C(F)(F)F)cc3)c3ccccc3)C2)cc1. The number of ether oxygens (including phenoxy) is 1. The lowest BCUT2D eigenvalue weighted by Gasteiger charge is -2.38. The molecule has 3 aromatic rings. The first kappa shape index (κ1) is 27.7. The molecule has 0 bridgehead atoms. The maximum absolute atomic E-state index is 13.5. The average molecular weight is 524 g/mol. The van der Waals surface area contributed by atoms with E-state index in [4.69, 9.17) is 4.74 Å². The van der Waals surface area contributed by atoms with Gasteiger partial charge in [0.05, 0.1) is 11.5 Å². The van der Waals surface area contributed by atoms with E-state index in [1.54, 1.807) is 0 Å². The number of benzene rings is 3. The van der Waals surface area contributed by atoms with Gasteiger partial charge in [-0.25, -0.2) is 0 Å². The minimum absolute atomic E-state index is 0.0120. The molecule has 1 fully saturated rings. The third-order valence-corrected chi connectivity index (χ3v) is 7.26. The number of rotatable bonds is 8. The number of halogens is 3. The maximum atomic E-state index is 13.5. The number of hydrogen-bond donors (Lipinski definition) is 0. The number of carbonyl (C=O) groups is 1. The lowest BCUT2D eigenvalue weighted by atomic mass is 9.87. The Morgan fingerprint density at radius 3 is 2.18 bits per heavy atom. The van der Waals surface area contributed by atoms with Crippen LogP contribution >= 0.6 is 0 Å². The fourth-order valence-electron chi connectivity index (χ4n) is 5.24. The van der Waals surface area contributed by atoms with Crippen molar-refractivity contribution in [3.8, 4) is 5.75 Å². The number of piperidine rings is 1. The van der Waals surface area contributed by atoms with Crippen molar-refractivity contribution >= 4 is 5.91 Å². The zero-order chi connectivity index (χ0) is 27.3. The fourth-order valence-corrected chi connectivity index (χ4v) is 5.24. The molecule has 0 unspecified atom stereocenters. The van der Waals surface area contributed by atoms with Gasteiger partial charge in [-0.2, -0.15) is 13.2 Å². The molecule has 0 spiro atoms. The highest BCUT2D eigenvalue weighted by molar-refractivity contribution is 5.83. The van der Waals surface area contributed by atoms with Crippen molar-refractivity contribution in [1.82, 2.24) is 4.90 Å². The van der Waals surface area contributed by atoms with Gasteiger partial charge in [-0.15, -0.1) is 0 Å². The average Bonchev–Trinajstić information content (AvgIpc) is 2.91. The van der Waals surface area contributed by atoms with Crippen LogP contribution < -0.4 is 4.74 Å². The first-order valence-corrected chi connectivity index (χ1v) is 13.4. The smallest absolute Gasteiger partial charge is 0.416 e. The Labute approximate surface area is 223 Å². The van der Waals surface area contributed by atoms with Gasteiger partial charge >= 0.3 is 6.18 Å². The summed E-state index contributed by atoms with van der Waals surface area (Å²) in [4.78, 5) is 15.5. The van der Waals surface area contributed by atoms with E-state index < -0.39 is 11.7 Å². The molecule has 38 heavy (non-hydrogen) atoms. The molecule has 1 heterocycles. The molecule has 1 saturated heterocycles. The van der Waals surface area contributed by atoms with Crippen molar-refractivity contribution in [2.24, 2.45) is 11.8 Å². The van der Waals surface area contributed by atoms with Crippen molar-refractivity contribution in [3.63, 3.8) is 0 Å². The standard InChI is InChI=1S/C32H36F3NO2/c1-22(2)20-24-11-13-25(14-12-24)23(3)31(37)36-19-7-10-27(21-36)30(26-8-5-4-6-9-26)38-29-17-15-28(16-18-29)32(33,34)35/h4-6,8-9,11-18,22-23,27,30H,7,10,19-21H2,1-3H3/t23-,27-,30+/m0/s1. The van der Waals surface area contributed by atoms with Crippen molar-refractivity contribution in [3.05, 3.63) is 101 Å². The van der Waals surface area contributed by atoms with Crippen LogP contribution in [-0.4, -0.2) is 23.9 Å². The zero-order valence-corrected chi connectivity index (χ0v) is 22.2. The first-order chi connectivity index (χ1) is 18.1. The molecule has 1 aliphatic rings. The molecule has 3 atom stereocenters. The van der Waals surface area contributed by atoms with Crippen molar-refractivity contribution in [2.75, 3.05) is 13.1 Å². The van der Waals surface area contributed by atoms with Crippen LogP contribution in [0.2, 0.25) is 0 Å². The Kier molecular flexibility index (Phi) is 8.80. The summed E-state index contributed by atoms with van der Waals surface area (Å²) in [5.74, 6) is 0.802. The molecule has 6 heteroatoms. The van der Waals surface area contributed by atoms with E-state index in [9.17, 15) is 18.0 Å². The third-order valence-electron chi connectivity index (χ3n) is 7.26. The molecule has 4 rings (SSSR count). The molecule has 3 nitrogen and oxygen atoms in total. The highest BCUT2D eigenvalue weighted by Gasteiger charge is 2.34. The van der Waals surface area contributed by atoms with Gasteiger partial charge in [0, 0.05) is 19.0 Å². The van der Waals surface area contributed by atoms with Gasteiger partial charge in [0.2, 0.25) is 5.91 Å². The second-order valence-electron chi connectivity index (χ2n) is 10.7. The van der Waals surface area contributed by atoms with Gasteiger partial charge < -0.3 is 9.64 Å². The monoisotopic (exact) mass is 523 g/mol. The Bertz CT molecular complexity index is 1170. The Morgan fingerprint density at radius 1 is 0.921 bits per heavy atom. The Morgan fingerprint density at radius 2 is 1.58 bits per heavy atom. The molecule has 0 saturated carbocycles. The van der Waals surface area contributed by atoms with Crippen LogP contribution in [0, 0.1) is 11.8 Å². The second kappa shape index (κ2) is 12.1. The number of hydrogen-bond acceptors (Lipinski definition) is 2. The molecule has 0 N–H and O–H groups in total. The number of amides is 1. The summed E-state index contributed by atoms with van der Waals surface area (Å²) in [6.07, 6.45) is -2.06. The van der Waals surface area contributed by atoms with E-state index in [2.05, 4.69) is 38.1 Å². The van der Waals surface area contributed by atoms with E-state index in [1.807, 2.05) is 42.2 Å². The van der Waals surface area contributed by atoms with Crippen LogP contribution in [0.4, 0.5) is 13.2 Å². The van der Waals surface area contributed by atoms with Crippen LogP contribution in [0.3, 0.4) is 0 Å². The van der Waals surface area contributed by atoms with E-state index >= 15 is 0 Å². The number of alkyl halides is 3. The topological polar surface area (TPSA) is 29.5 Å². The predicted octanol–water partition coefficient (Wildman–Crippen LogP) is 8.07. The third kappa shape index (κ3) is 6.97. The maximum Gasteiger partial charge on any atom is 0.416 e. The summed E-state index contributed by atoms with van der Waals surface area (Å²) in [5, 5.41) is 0. The lowest BCUT2D eigenvalue weighted by Crippen LogP contribution is -2.44. The van der Waals surface area contributed by atoms with Crippen LogP contribution in [0.1, 0.15) is 67.9 Å². The zero-order valence-electron chi connectivity index (χ0n) is 22.2. The molecule has 0 radical (unpaired) electrons. The van der Waals surface area contributed by atoms with E-state index in [0.717, 1.165) is 42.5 Å². The molecule has 1 aliphatic heterocycles. The number of nitrogens with zero attached hydrogens (tertiary/aromatic N) is 1.